The fraction of sp³-hybridized carbons (Fsp3) is 0.125. The molecule has 3 aromatic heterocycles. The lowest BCUT2D eigenvalue weighted by Crippen LogP contribution is -2.33. The Morgan fingerprint density at radius 2 is 1.85 bits per heavy atom. The average Bonchev–Trinajstić information content (AvgIpc) is 3.32. The summed E-state index contributed by atoms with van der Waals surface area (Å²) in [5, 5.41) is 0.723. The maximum atomic E-state index is 13.3. The summed E-state index contributed by atoms with van der Waals surface area (Å²) >= 11 is 7.57. The maximum absolute atomic E-state index is 13.3. The smallest absolute Gasteiger partial charge is 0.334 e. The van der Waals surface area contributed by atoms with E-state index in [2.05, 4.69) is 9.97 Å². The standard InChI is InChI=1S/C24H18ClFN4O3S/c1-12-11-29(23(25)27-12)17-9-4-14(10-18(17)33-3)20-13(2)19-21(34-20)28-24(32)30(22(19)31)16-7-5-15(26)6-8-16/h4-11H,1-3H3,(H,28,32). The molecule has 10 heteroatoms. The first-order valence-electron chi connectivity index (χ1n) is 10.2. The Bertz CT molecular complexity index is 1680. The lowest BCUT2D eigenvalue weighted by Gasteiger charge is -2.12. The monoisotopic (exact) mass is 496 g/mol. The number of H-pyrrole nitrogens is 1. The Labute approximate surface area is 201 Å². The molecule has 7 nitrogen and oxygen atoms in total. The molecule has 0 bridgehead atoms. The molecule has 0 unspecified atom stereocenters. The number of rotatable bonds is 4. The quantitative estimate of drug-likeness (QED) is 0.379. The van der Waals surface area contributed by atoms with Gasteiger partial charge in [-0.25, -0.2) is 18.7 Å². The summed E-state index contributed by atoms with van der Waals surface area (Å²) in [6.07, 6.45) is 1.81. The molecule has 0 atom stereocenters. The molecule has 2 aromatic carbocycles. The number of hydrogen-bond acceptors (Lipinski definition) is 5. The number of benzene rings is 2. The minimum absolute atomic E-state index is 0.292. The number of aromatic nitrogens is 4. The van der Waals surface area contributed by atoms with Crippen molar-refractivity contribution in [3.05, 3.63) is 91.9 Å². The predicted octanol–water partition coefficient (Wildman–Crippen LogP) is 5.01. The first-order valence-corrected chi connectivity index (χ1v) is 11.4. The molecule has 172 valence electrons. The third-order valence-electron chi connectivity index (χ3n) is 5.56. The van der Waals surface area contributed by atoms with Crippen molar-refractivity contribution in [2.45, 2.75) is 13.8 Å². The van der Waals surface area contributed by atoms with Gasteiger partial charge in [-0.3, -0.25) is 14.3 Å². The number of methoxy groups -OCH3 is 1. The van der Waals surface area contributed by atoms with Crippen LogP contribution in [0.4, 0.5) is 4.39 Å². The molecule has 5 aromatic rings. The van der Waals surface area contributed by atoms with Crippen molar-refractivity contribution in [3.8, 4) is 27.6 Å². The molecule has 0 saturated heterocycles. The number of aromatic amines is 1. The van der Waals surface area contributed by atoms with Crippen LogP contribution in [0.5, 0.6) is 5.75 Å². The van der Waals surface area contributed by atoms with Crippen molar-refractivity contribution < 1.29 is 9.13 Å². The van der Waals surface area contributed by atoms with E-state index in [-0.39, 0.29) is 0 Å². The number of imidazole rings is 1. The first-order chi connectivity index (χ1) is 16.3. The van der Waals surface area contributed by atoms with Crippen LogP contribution >= 0.6 is 22.9 Å². The van der Waals surface area contributed by atoms with Crippen LogP contribution in [0.1, 0.15) is 11.3 Å². The molecule has 0 aliphatic rings. The Hall–Kier alpha value is -3.69. The topological polar surface area (TPSA) is 81.9 Å². The van der Waals surface area contributed by atoms with Gasteiger partial charge in [0.1, 0.15) is 16.4 Å². The van der Waals surface area contributed by atoms with E-state index in [0.717, 1.165) is 32.0 Å². The van der Waals surface area contributed by atoms with Gasteiger partial charge in [-0.15, -0.1) is 11.3 Å². The molecule has 0 spiro atoms. The molecule has 0 aliphatic carbocycles. The summed E-state index contributed by atoms with van der Waals surface area (Å²) < 4.78 is 21.7. The van der Waals surface area contributed by atoms with Gasteiger partial charge in [-0.2, -0.15) is 0 Å². The van der Waals surface area contributed by atoms with E-state index in [4.69, 9.17) is 16.3 Å². The van der Waals surface area contributed by atoms with E-state index in [1.165, 1.54) is 35.6 Å². The second kappa shape index (κ2) is 8.27. The van der Waals surface area contributed by atoms with Crippen LogP contribution in [0.25, 0.3) is 32.0 Å². The van der Waals surface area contributed by atoms with E-state index in [1.54, 1.807) is 11.7 Å². The van der Waals surface area contributed by atoms with E-state index in [1.807, 2.05) is 38.2 Å². The highest BCUT2D eigenvalue weighted by Gasteiger charge is 2.19. The minimum Gasteiger partial charge on any atom is -0.495 e. The van der Waals surface area contributed by atoms with Crippen molar-refractivity contribution in [2.75, 3.05) is 7.11 Å². The van der Waals surface area contributed by atoms with Gasteiger partial charge in [0, 0.05) is 11.1 Å². The van der Waals surface area contributed by atoms with Gasteiger partial charge in [0.25, 0.3) is 5.56 Å². The zero-order valence-electron chi connectivity index (χ0n) is 18.3. The van der Waals surface area contributed by atoms with Gasteiger partial charge in [-0.1, -0.05) is 6.07 Å². The highest BCUT2D eigenvalue weighted by Crippen LogP contribution is 2.38. The molecule has 0 saturated carbocycles. The fourth-order valence-electron chi connectivity index (χ4n) is 3.97. The second-order valence-corrected chi connectivity index (χ2v) is 9.07. The summed E-state index contributed by atoms with van der Waals surface area (Å²) in [5.74, 6) is 0.124. The lowest BCUT2D eigenvalue weighted by atomic mass is 10.1. The van der Waals surface area contributed by atoms with Gasteiger partial charge in [0.15, 0.2) is 0 Å². The van der Waals surface area contributed by atoms with E-state index in [0.29, 0.717) is 26.9 Å². The van der Waals surface area contributed by atoms with Crippen LogP contribution in [0.2, 0.25) is 5.28 Å². The average molecular weight is 497 g/mol. The third kappa shape index (κ3) is 3.53. The minimum atomic E-state index is -0.588. The number of halogens is 2. The number of fused-ring (bicyclic) bond motifs is 1. The number of nitrogens with one attached hydrogen (secondary N) is 1. The van der Waals surface area contributed by atoms with Crippen molar-refractivity contribution in [3.63, 3.8) is 0 Å². The number of thiophene rings is 1. The van der Waals surface area contributed by atoms with E-state index >= 15 is 0 Å². The summed E-state index contributed by atoms with van der Waals surface area (Å²) in [7, 11) is 1.57. The van der Waals surface area contributed by atoms with Crippen molar-refractivity contribution >= 4 is 33.2 Å². The molecule has 0 fully saturated rings. The van der Waals surface area contributed by atoms with Gasteiger partial charge < -0.3 is 4.74 Å². The fourth-order valence-corrected chi connectivity index (χ4v) is 5.43. The van der Waals surface area contributed by atoms with Crippen LogP contribution in [0, 0.1) is 19.7 Å². The third-order valence-corrected chi connectivity index (χ3v) is 7.08. The van der Waals surface area contributed by atoms with Crippen molar-refractivity contribution in [2.24, 2.45) is 0 Å². The van der Waals surface area contributed by atoms with Gasteiger partial charge in [0.2, 0.25) is 5.28 Å². The highest BCUT2D eigenvalue weighted by atomic mass is 35.5. The van der Waals surface area contributed by atoms with Gasteiger partial charge in [0.05, 0.1) is 29.6 Å². The molecular formula is C24H18ClFN4O3S. The zero-order chi connectivity index (χ0) is 24.1. The normalized spacial score (nSPS) is 11.3. The van der Waals surface area contributed by atoms with Crippen LogP contribution in [0.3, 0.4) is 0 Å². The summed E-state index contributed by atoms with van der Waals surface area (Å²) in [6.45, 7) is 3.68. The summed E-state index contributed by atoms with van der Waals surface area (Å²) in [6, 6.07) is 10.8. The number of ether oxygens (including phenoxy) is 1. The summed E-state index contributed by atoms with van der Waals surface area (Å²) in [5.41, 5.74) is 2.29. The highest BCUT2D eigenvalue weighted by molar-refractivity contribution is 7.22. The van der Waals surface area contributed by atoms with Crippen LogP contribution in [-0.2, 0) is 0 Å². The molecule has 0 aliphatic heterocycles. The number of nitrogens with zero attached hydrogens (tertiary/aromatic N) is 3. The van der Waals surface area contributed by atoms with Crippen molar-refractivity contribution in [1.29, 1.82) is 0 Å². The van der Waals surface area contributed by atoms with Crippen LogP contribution in [0.15, 0.2) is 58.3 Å². The SMILES string of the molecule is COc1cc(-c2sc3[nH]c(=O)n(-c4ccc(F)cc4)c(=O)c3c2C)ccc1-n1cc(C)nc1Cl. The van der Waals surface area contributed by atoms with Gasteiger partial charge >= 0.3 is 5.69 Å². The molecule has 5 rings (SSSR count). The van der Waals surface area contributed by atoms with Gasteiger partial charge in [-0.05, 0) is 73.0 Å². The molecule has 34 heavy (non-hydrogen) atoms. The largest absolute Gasteiger partial charge is 0.495 e. The molecule has 3 heterocycles. The second-order valence-electron chi connectivity index (χ2n) is 7.72. The molecule has 0 amide bonds. The predicted molar refractivity (Wildman–Crippen MR) is 132 cm³/mol. The van der Waals surface area contributed by atoms with Crippen LogP contribution < -0.4 is 16.0 Å². The maximum Gasteiger partial charge on any atom is 0.334 e. The first kappa shape index (κ1) is 22.1. The Morgan fingerprint density at radius 3 is 2.50 bits per heavy atom. The Kier molecular flexibility index (Phi) is 5.38. The van der Waals surface area contributed by atoms with Crippen molar-refractivity contribution in [1.82, 2.24) is 19.1 Å². The Balaban J connectivity index is 1.68. The lowest BCUT2D eigenvalue weighted by molar-refractivity contribution is 0.413. The Morgan fingerprint density at radius 1 is 1.12 bits per heavy atom. The van der Waals surface area contributed by atoms with Crippen LogP contribution in [-0.4, -0.2) is 26.2 Å². The molecule has 0 radical (unpaired) electrons. The number of hydrogen-bond donors (Lipinski definition) is 1. The molecule has 1 N–H and O–H groups in total. The zero-order valence-corrected chi connectivity index (χ0v) is 19.9. The van der Waals surface area contributed by atoms with E-state index in [9.17, 15) is 14.0 Å². The summed E-state index contributed by atoms with van der Waals surface area (Å²) in [4.78, 5) is 34.3. The molecular weight excluding hydrogens is 479 g/mol. The van der Waals surface area contributed by atoms with E-state index < -0.39 is 17.1 Å². The number of aryl methyl sites for hydroxylation is 2.